The van der Waals surface area contributed by atoms with Crippen LogP contribution in [0.3, 0.4) is 0 Å². The number of nitrogens with one attached hydrogen (secondary N) is 1. The van der Waals surface area contributed by atoms with Gasteiger partial charge >= 0.3 is 0 Å². The van der Waals surface area contributed by atoms with E-state index < -0.39 is 23.6 Å². The number of amides is 5. The molecule has 0 fully saturated rings. The van der Waals surface area contributed by atoms with Crippen LogP contribution >= 0.6 is 0 Å². The van der Waals surface area contributed by atoms with E-state index >= 15 is 0 Å². The Labute approximate surface area is 345 Å². The minimum absolute atomic E-state index is 0.0614. The second kappa shape index (κ2) is 25.0. The van der Waals surface area contributed by atoms with Gasteiger partial charge in [0.05, 0.1) is 57.3 Å². The molecule has 5 amide bonds. The summed E-state index contributed by atoms with van der Waals surface area (Å²) in [5.74, 6) is -2.46. The maximum absolute atomic E-state index is 14.1. The van der Waals surface area contributed by atoms with Gasteiger partial charge in [-0.3, -0.25) is 24.0 Å². The Bertz CT molecular complexity index is 1930. The van der Waals surface area contributed by atoms with E-state index in [9.17, 15) is 24.0 Å². The number of rotatable bonds is 25. The van der Waals surface area contributed by atoms with E-state index in [2.05, 4.69) is 15.5 Å². The van der Waals surface area contributed by atoms with E-state index in [1.54, 1.807) is 24.3 Å². The van der Waals surface area contributed by atoms with E-state index in [4.69, 9.17) is 15.2 Å². The van der Waals surface area contributed by atoms with Gasteiger partial charge in [0.2, 0.25) is 29.5 Å². The summed E-state index contributed by atoms with van der Waals surface area (Å²) in [4.78, 5) is 72.7. The van der Waals surface area contributed by atoms with Crippen LogP contribution in [-0.4, -0.2) is 135 Å². The lowest BCUT2D eigenvalue weighted by atomic mass is 10.1. The van der Waals surface area contributed by atoms with Crippen molar-refractivity contribution in [3.05, 3.63) is 126 Å². The summed E-state index contributed by atoms with van der Waals surface area (Å²) in [7, 11) is 2.99. The van der Waals surface area contributed by atoms with Crippen molar-refractivity contribution in [1.82, 2.24) is 19.6 Å². The van der Waals surface area contributed by atoms with Crippen LogP contribution in [0.2, 0.25) is 0 Å². The topological polar surface area (TPSA) is 180 Å². The highest BCUT2D eigenvalue weighted by atomic mass is 16.5. The molecule has 0 atom stereocenters. The predicted octanol–water partition coefficient (Wildman–Crippen LogP) is 4.09. The number of carbonyl (C=O) groups excluding carboxylic acids is 5. The van der Waals surface area contributed by atoms with Crippen molar-refractivity contribution in [2.45, 2.75) is 12.8 Å². The molecule has 0 aromatic heterocycles. The lowest BCUT2D eigenvalue weighted by Gasteiger charge is -2.31. The number of hydrogen-bond acceptors (Lipinski definition) is 10. The molecule has 0 unspecified atom stereocenters. The molecule has 4 aromatic carbocycles. The first-order chi connectivity index (χ1) is 28.6. The van der Waals surface area contributed by atoms with Crippen LogP contribution in [0, 0.1) is 0 Å². The van der Waals surface area contributed by atoms with E-state index in [1.165, 1.54) is 33.8 Å². The van der Waals surface area contributed by atoms with Gasteiger partial charge < -0.3 is 40.1 Å². The second-order valence-corrected chi connectivity index (χ2v) is 13.6. The summed E-state index contributed by atoms with van der Waals surface area (Å²) >= 11 is 0. The molecular formula is C44H54N8O7. The highest BCUT2D eigenvalue weighted by Crippen LogP contribution is 2.20. The quantitative estimate of drug-likeness (QED) is 0.0941. The van der Waals surface area contributed by atoms with Gasteiger partial charge in [0.25, 0.3) is 0 Å². The summed E-state index contributed by atoms with van der Waals surface area (Å²) in [6.07, 6.45) is 0.924. The molecule has 0 aliphatic rings. The third kappa shape index (κ3) is 16.5. The number of anilines is 1. The largest absolute Gasteiger partial charge is 0.383 e. The van der Waals surface area contributed by atoms with Gasteiger partial charge in [-0.25, -0.2) is 0 Å². The van der Waals surface area contributed by atoms with Crippen molar-refractivity contribution in [1.29, 1.82) is 0 Å². The molecule has 0 saturated carbocycles. The summed E-state index contributed by atoms with van der Waals surface area (Å²) in [5.41, 5.74) is 9.46. The fraction of sp³-hybridized carbons (Fsp3) is 0.341. The molecule has 0 heterocycles. The number of hydrogen-bond donors (Lipinski definition) is 2. The Morgan fingerprint density at radius 2 is 0.898 bits per heavy atom. The van der Waals surface area contributed by atoms with E-state index in [0.29, 0.717) is 24.2 Å². The first-order valence-corrected chi connectivity index (χ1v) is 19.4. The zero-order valence-electron chi connectivity index (χ0n) is 33.8. The van der Waals surface area contributed by atoms with E-state index in [1.807, 2.05) is 91.0 Å². The van der Waals surface area contributed by atoms with Crippen molar-refractivity contribution in [2.75, 3.05) is 91.7 Å². The van der Waals surface area contributed by atoms with Gasteiger partial charge in [0, 0.05) is 46.1 Å². The molecule has 0 radical (unpaired) electrons. The van der Waals surface area contributed by atoms with Crippen LogP contribution in [-0.2, 0) is 46.3 Å². The fourth-order valence-corrected chi connectivity index (χ4v) is 5.91. The van der Waals surface area contributed by atoms with Crippen molar-refractivity contribution < 1.29 is 33.4 Å². The number of ether oxygens (including phenoxy) is 2. The van der Waals surface area contributed by atoms with Crippen LogP contribution in [0.15, 0.2) is 125 Å². The van der Waals surface area contributed by atoms with Gasteiger partial charge in [-0.2, -0.15) is 10.2 Å². The molecular weight excluding hydrogens is 753 g/mol. The van der Waals surface area contributed by atoms with Gasteiger partial charge in [-0.1, -0.05) is 78.9 Å². The Hall–Kier alpha value is -6.45. The second-order valence-electron chi connectivity index (χ2n) is 13.6. The van der Waals surface area contributed by atoms with Crippen molar-refractivity contribution in [2.24, 2.45) is 16.0 Å². The number of nitrogens with two attached hydrogens (primary N) is 1. The van der Waals surface area contributed by atoms with Crippen molar-refractivity contribution in [3.8, 4) is 0 Å². The average Bonchev–Trinajstić information content (AvgIpc) is 3.26. The third-order valence-electron chi connectivity index (χ3n) is 9.24. The molecule has 15 nitrogen and oxygen atoms in total. The van der Waals surface area contributed by atoms with Gasteiger partial charge in [0.1, 0.15) is 0 Å². The van der Waals surface area contributed by atoms with Crippen LogP contribution < -0.4 is 11.1 Å². The summed E-state index contributed by atoms with van der Waals surface area (Å²) in [6, 6.07) is 35.5. The van der Waals surface area contributed by atoms with Gasteiger partial charge in [-0.15, -0.1) is 0 Å². The Kier molecular flexibility index (Phi) is 19.2. The Morgan fingerprint density at radius 1 is 0.508 bits per heavy atom. The predicted molar refractivity (Wildman–Crippen MR) is 225 cm³/mol. The minimum atomic E-state index is -0.679. The van der Waals surface area contributed by atoms with Gasteiger partial charge in [-0.05, 0) is 60.4 Å². The number of carbonyl (C=O) groups is 5. The summed E-state index contributed by atoms with van der Waals surface area (Å²) in [6.45, 7) is -0.556. The Balaban J connectivity index is 1.45. The normalized spacial score (nSPS) is 10.9. The molecule has 15 heteroatoms. The molecule has 59 heavy (non-hydrogen) atoms. The number of methoxy groups -OCH3 is 2. The number of benzene rings is 4. The van der Waals surface area contributed by atoms with E-state index in [0.717, 1.165) is 16.8 Å². The number of primary amides is 1. The smallest absolute Gasteiger partial charge is 0.242 e. The lowest BCUT2D eigenvalue weighted by molar-refractivity contribution is -0.146. The molecule has 0 aliphatic carbocycles. The number of nitrogens with zero attached hydrogens (tertiary/aromatic N) is 6. The lowest BCUT2D eigenvalue weighted by Crippen LogP contribution is -2.52. The molecule has 3 N–H and O–H groups in total. The van der Waals surface area contributed by atoms with Crippen LogP contribution in [0.5, 0.6) is 0 Å². The van der Waals surface area contributed by atoms with Crippen LogP contribution in [0.25, 0.3) is 0 Å². The first kappa shape index (κ1) is 45.3. The van der Waals surface area contributed by atoms with Crippen LogP contribution in [0.4, 0.5) is 17.1 Å². The standard InChI is InChI=1S/C44H54N8O7/c1-58-28-26-51(41(54)30-46-37-18-20-39(21-19-37)48-47-38-16-10-5-11-17-38)33-43(56)50(25-23-36-14-8-4-9-15-36)32-44(57)52(27-29-59-2)34-42(55)49(31-40(45)53)24-22-35-12-6-3-7-13-35/h3-21,46H,22-34H2,1-2H3,(H2,45,53). The van der Waals surface area contributed by atoms with Crippen molar-refractivity contribution >= 4 is 46.6 Å². The molecule has 4 rings (SSSR count). The third-order valence-corrected chi connectivity index (χ3v) is 9.24. The first-order valence-electron chi connectivity index (χ1n) is 19.4. The van der Waals surface area contributed by atoms with Crippen molar-refractivity contribution in [3.63, 3.8) is 0 Å². The fourth-order valence-electron chi connectivity index (χ4n) is 5.91. The summed E-state index contributed by atoms with van der Waals surface area (Å²) in [5, 5.41) is 11.6. The van der Waals surface area contributed by atoms with E-state index in [-0.39, 0.29) is 78.0 Å². The maximum Gasteiger partial charge on any atom is 0.242 e. The monoisotopic (exact) mass is 806 g/mol. The molecule has 312 valence electrons. The maximum atomic E-state index is 14.1. The highest BCUT2D eigenvalue weighted by Gasteiger charge is 2.27. The minimum Gasteiger partial charge on any atom is -0.383 e. The zero-order chi connectivity index (χ0) is 42.2. The van der Waals surface area contributed by atoms with Crippen LogP contribution in [0.1, 0.15) is 11.1 Å². The molecule has 4 aromatic rings. The zero-order valence-corrected chi connectivity index (χ0v) is 33.8. The SMILES string of the molecule is COCCN(CC(=O)N(CCc1ccccc1)CC(=O)N(CCOC)CC(=O)N(CCc1ccccc1)CC(N)=O)C(=O)CNc1ccc(N=Nc2ccccc2)cc1. The highest BCUT2D eigenvalue weighted by molar-refractivity contribution is 5.91. The average molecular weight is 807 g/mol. The Morgan fingerprint density at radius 3 is 1.34 bits per heavy atom. The molecule has 0 aliphatic heterocycles. The molecule has 0 spiro atoms. The van der Waals surface area contributed by atoms with Gasteiger partial charge in [0.15, 0.2) is 0 Å². The molecule has 0 saturated heterocycles. The molecule has 0 bridgehead atoms. The summed E-state index contributed by atoms with van der Waals surface area (Å²) < 4.78 is 10.5. The number of azo groups is 1.